The van der Waals surface area contributed by atoms with Crippen molar-refractivity contribution in [3.8, 4) is 17.2 Å². The van der Waals surface area contributed by atoms with Gasteiger partial charge in [-0.2, -0.15) is 0 Å². The van der Waals surface area contributed by atoms with E-state index in [1.807, 2.05) is 45.9 Å². The third-order valence-corrected chi connectivity index (χ3v) is 8.15. The lowest BCUT2D eigenvalue weighted by molar-refractivity contribution is -0.113. The maximum atomic E-state index is 13.9. The Bertz CT molecular complexity index is 1520. The second kappa shape index (κ2) is 10.1. The number of halogens is 1. The fraction of sp³-hybridized carbons (Fsp3) is 0.333. The van der Waals surface area contributed by atoms with Crippen molar-refractivity contribution in [3.05, 3.63) is 80.7 Å². The summed E-state index contributed by atoms with van der Waals surface area (Å²) in [6.45, 7) is 2.77. The highest BCUT2D eigenvalue weighted by molar-refractivity contribution is 6.37. The van der Waals surface area contributed by atoms with Crippen LogP contribution in [0.4, 0.5) is 5.69 Å². The average Bonchev–Trinajstić information content (AvgIpc) is 3.18. The minimum atomic E-state index is -0.0895. The van der Waals surface area contributed by atoms with E-state index in [0.29, 0.717) is 47.0 Å². The summed E-state index contributed by atoms with van der Waals surface area (Å²) >= 11 is 6.40. The molecule has 39 heavy (non-hydrogen) atoms. The Morgan fingerprint density at radius 3 is 2.44 bits per heavy atom. The summed E-state index contributed by atoms with van der Waals surface area (Å²) < 4.78 is 18.4. The lowest BCUT2D eigenvalue weighted by Crippen LogP contribution is -2.50. The van der Waals surface area contributed by atoms with Crippen molar-refractivity contribution >= 4 is 34.8 Å². The third-order valence-electron chi connectivity index (χ3n) is 7.91. The molecule has 2 atom stereocenters. The van der Waals surface area contributed by atoms with Gasteiger partial charge in [0.05, 0.1) is 33.7 Å². The van der Waals surface area contributed by atoms with Crippen LogP contribution in [0, 0.1) is 5.92 Å². The number of likely N-dealkylation sites (tertiary alicyclic amines) is 1. The summed E-state index contributed by atoms with van der Waals surface area (Å²) in [5.41, 5.74) is 4.10. The van der Waals surface area contributed by atoms with E-state index in [4.69, 9.17) is 25.8 Å². The van der Waals surface area contributed by atoms with E-state index in [1.165, 1.54) is 0 Å². The zero-order valence-electron chi connectivity index (χ0n) is 22.1. The van der Waals surface area contributed by atoms with Gasteiger partial charge in [0, 0.05) is 53.5 Å². The molecule has 0 saturated carbocycles. The predicted molar refractivity (Wildman–Crippen MR) is 151 cm³/mol. The van der Waals surface area contributed by atoms with E-state index in [9.17, 15) is 9.59 Å². The zero-order chi connectivity index (χ0) is 27.3. The Hall–Kier alpha value is -3.75. The van der Waals surface area contributed by atoms with Crippen LogP contribution in [0.2, 0.25) is 5.02 Å². The van der Waals surface area contributed by atoms with Gasteiger partial charge in [-0.1, -0.05) is 23.7 Å². The highest BCUT2D eigenvalue weighted by Crippen LogP contribution is 2.43. The number of piperidine rings is 1. The number of ether oxygens (including phenoxy) is 3. The first-order valence-electron chi connectivity index (χ1n) is 13.0. The molecule has 0 spiro atoms. The Morgan fingerprint density at radius 1 is 0.949 bits per heavy atom. The molecule has 0 aliphatic carbocycles. The molecule has 1 fully saturated rings. The van der Waals surface area contributed by atoms with Crippen molar-refractivity contribution in [1.82, 2.24) is 9.47 Å². The number of hydrogen-bond donors (Lipinski definition) is 0. The average molecular weight is 548 g/mol. The number of methoxy groups -OCH3 is 3. The van der Waals surface area contributed by atoms with E-state index in [0.717, 1.165) is 42.0 Å². The first-order valence-corrected chi connectivity index (χ1v) is 13.3. The number of fused-ring (bicyclic) bond motifs is 5. The monoisotopic (exact) mass is 547 g/mol. The van der Waals surface area contributed by atoms with Gasteiger partial charge < -0.3 is 18.8 Å². The van der Waals surface area contributed by atoms with Crippen LogP contribution in [0.1, 0.15) is 29.2 Å². The topological polar surface area (TPSA) is 73.2 Å². The number of nitrogens with zero attached hydrogens (tertiary/aromatic N) is 3. The smallest absolute Gasteiger partial charge is 0.260 e. The summed E-state index contributed by atoms with van der Waals surface area (Å²) in [4.78, 5) is 30.5. The van der Waals surface area contributed by atoms with E-state index in [1.54, 1.807) is 33.5 Å². The van der Waals surface area contributed by atoms with Crippen LogP contribution in [-0.2, 0) is 11.3 Å². The number of pyridine rings is 1. The number of rotatable bonds is 6. The second-order valence-corrected chi connectivity index (χ2v) is 10.7. The van der Waals surface area contributed by atoms with Crippen LogP contribution < -0.4 is 24.7 Å². The van der Waals surface area contributed by atoms with Crippen LogP contribution >= 0.6 is 11.6 Å². The first kappa shape index (κ1) is 25.5. The largest absolute Gasteiger partial charge is 0.493 e. The second-order valence-electron chi connectivity index (χ2n) is 10.3. The maximum Gasteiger partial charge on any atom is 0.260 e. The van der Waals surface area contributed by atoms with Gasteiger partial charge in [-0.15, -0.1) is 0 Å². The van der Waals surface area contributed by atoms with Gasteiger partial charge in [0.25, 0.3) is 11.5 Å². The molecular formula is C30H30ClN3O5. The zero-order valence-corrected chi connectivity index (χ0v) is 22.9. The van der Waals surface area contributed by atoms with Gasteiger partial charge >= 0.3 is 0 Å². The van der Waals surface area contributed by atoms with Crippen LogP contribution in [0.5, 0.6) is 17.2 Å². The quantitative estimate of drug-likeness (QED) is 0.423. The molecular weight excluding hydrogens is 518 g/mol. The Morgan fingerprint density at radius 2 is 1.72 bits per heavy atom. The molecule has 1 saturated heterocycles. The fourth-order valence-corrected chi connectivity index (χ4v) is 6.43. The van der Waals surface area contributed by atoms with Crippen molar-refractivity contribution in [2.24, 2.45) is 5.92 Å². The molecule has 3 aromatic rings. The maximum absolute atomic E-state index is 13.9. The Kier molecular flexibility index (Phi) is 6.61. The molecule has 0 N–H and O–H groups in total. The van der Waals surface area contributed by atoms with Crippen LogP contribution in [0.25, 0.3) is 11.6 Å². The minimum Gasteiger partial charge on any atom is -0.493 e. The molecule has 202 valence electrons. The van der Waals surface area contributed by atoms with Gasteiger partial charge in [-0.3, -0.25) is 19.4 Å². The Labute approximate surface area is 231 Å². The molecule has 4 heterocycles. The van der Waals surface area contributed by atoms with Crippen molar-refractivity contribution in [2.75, 3.05) is 46.0 Å². The SMILES string of the molecule is COc1cc(C=C2C(=O)N(CN3C[C@@H]4C[C@@H](C3)c3cccc(=O)n3C4)c3cc(Cl)ccc32)cc(OC)c1OC. The molecule has 1 aromatic heterocycles. The van der Waals surface area contributed by atoms with Crippen molar-refractivity contribution in [3.63, 3.8) is 0 Å². The summed E-state index contributed by atoms with van der Waals surface area (Å²) in [6.07, 6.45) is 2.91. The van der Waals surface area contributed by atoms with Gasteiger partial charge in [-0.25, -0.2) is 0 Å². The van der Waals surface area contributed by atoms with E-state index >= 15 is 0 Å². The van der Waals surface area contributed by atoms with E-state index in [2.05, 4.69) is 11.0 Å². The van der Waals surface area contributed by atoms with E-state index in [-0.39, 0.29) is 17.4 Å². The molecule has 0 unspecified atom stereocenters. The van der Waals surface area contributed by atoms with Crippen molar-refractivity contribution in [2.45, 2.75) is 18.9 Å². The fourth-order valence-electron chi connectivity index (χ4n) is 6.27. The normalized spacial score (nSPS) is 21.1. The Balaban J connectivity index is 1.33. The van der Waals surface area contributed by atoms with Crippen LogP contribution in [0.3, 0.4) is 0 Å². The molecule has 8 nitrogen and oxygen atoms in total. The van der Waals surface area contributed by atoms with Crippen molar-refractivity contribution < 1.29 is 19.0 Å². The lowest BCUT2D eigenvalue weighted by Gasteiger charge is -2.43. The summed E-state index contributed by atoms with van der Waals surface area (Å²) in [5, 5.41) is 0.574. The van der Waals surface area contributed by atoms with Gasteiger partial charge in [0.1, 0.15) is 0 Å². The van der Waals surface area contributed by atoms with Gasteiger partial charge in [-0.05, 0) is 54.3 Å². The highest BCUT2D eigenvalue weighted by atomic mass is 35.5. The number of carbonyl (C=O) groups is 1. The molecule has 3 aliphatic rings. The minimum absolute atomic E-state index is 0.0653. The third kappa shape index (κ3) is 4.47. The first-order chi connectivity index (χ1) is 18.9. The number of benzene rings is 2. The molecule has 3 aliphatic heterocycles. The number of amides is 1. The van der Waals surface area contributed by atoms with Crippen molar-refractivity contribution in [1.29, 1.82) is 0 Å². The predicted octanol–water partition coefficient (Wildman–Crippen LogP) is 4.49. The summed E-state index contributed by atoms with van der Waals surface area (Å²) in [6, 6.07) is 14.7. The summed E-state index contributed by atoms with van der Waals surface area (Å²) in [5.74, 6) is 2.06. The molecule has 2 bridgehead atoms. The van der Waals surface area contributed by atoms with E-state index < -0.39 is 0 Å². The number of hydrogen-bond acceptors (Lipinski definition) is 6. The molecule has 9 heteroatoms. The van der Waals surface area contributed by atoms with Crippen LogP contribution in [0.15, 0.2) is 53.3 Å². The van der Waals surface area contributed by atoms with Gasteiger partial charge in [0.15, 0.2) is 11.5 Å². The standard InChI is InChI=1S/C30H30ClN3O5/c1-37-26-11-18(12-27(38-2)29(26)39-3)10-23-22-8-7-21(31)13-25(22)34(30(23)36)17-32-14-19-9-20(16-32)24-5-4-6-28(35)33(24)15-19/h4-8,10-13,19-20H,9,14-17H2,1-3H3/t19-,20-/m0/s1. The number of carbonyl (C=O) groups excluding carboxylic acids is 1. The van der Waals surface area contributed by atoms with Crippen LogP contribution in [-0.4, -0.2) is 56.5 Å². The van der Waals surface area contributed by atoms with Gasteiger partial charge in [0.2, 0.25) is 5.75 Å². The molecule has 2 aromatic carbocycles. The highest BCUT2D eigenvalue weighted by Gasteiger charge is 2.38. The molecule has 1 amide bonds. The molecule has 6 rings (SSSR count). The number of aromatic nitrogens is 1. The number of anilines is 1. The summed E-state index contributed by atoms with van der Waals surface area (Å²) in [7, 11) is 4.69. The lowest BCUT2D eigenvalue weighted by atomic mass is 9.83. The molecule has 0 radical (unpaired) electrons.